The molecule has 4 rings (SSSR count). The van der Waals surface area contributed by atoms with Crippen LogP contribution < -0.4 is 16.0 Å². The minimum Gasteiger partial charge on any atom is -0.363 e. The Morgan fingerprint density at radius 2 is 2.00 bits per heavy atom. The third-order valence-corrected chi connectivity index (χ3v) is 5.60. The maximum Gasteiger partial charge on any atom is 0.286 e. The Kier molecular flexibility index (Phi) is 4.73. The van der Waals surface area contributed by atoms with E-state index in [1.165, 1.54) is 0 Å². The number of amides is 2. The predicted octanol–water partition coefficient (Wildman–Crippen LogP) is 0.508. The molecule has 0 saturated carbocycles. The summed E-state index contributed by atoms with van der Waals surface area (Å²) in [6.07, 6.45) is 0.770. The standard InChI is InChI=1S/C20H25N7O2/c1-12-13(2)23-26-10-9-15(20(29)25(3)19(12)26)27-16(22-18(24-27)17(21)28)11-14-7-5-4-6-8-14/h4-8,15-16H,9-11H2,1-3H3,(H2,21,28)(H,22,24)/t15?,16-/m0/s1. The second-order valence-corrected chi connectivity index (χ2v) is 7.50. The molecule has 9 nitrogen and oxygen atoms in total. The number of primary amides is 1. The van der Waals surface area contributed by atoms with Crippen LogP contribution in [0.1, 0.15) is 23.2 Å². The van der Waals surface area contributed by atoms with E-state index in [0.29, 0.717) is 19.4 Å². The van der Waals surface area contributed by atoms with Crippen molar-refractivity contribution in [2.24, 2.45) is 10.8 Å². The highest BCUT2D eigenvalue weighted by Gasteiger charge is 2.40. The summed E-state index contributed by atoms with van der Waals surface area (Å²) in [5.41, 5.74) is 8.44. The summed E-state index contributed by atoms with van der Waals surface area (Å²) in [4.78, 5) is 26.8. The van der Waals surface area contributed by atoms with E-state index in [9.17, 15) is 9.59 Å². The SMILES string of the molecule is Cc1nn2c(c1C)N(C)C(=O)C(N1N=C(C(N)=O)N[C@@H]1Cc1ccccc1)CC2. The monoisotopic (exact) mass is 395 g/mol. The fraction of sp³-hybridized carbons (Fsp3) is 0.400. The average molecular weight is 395 g/mol. The third kappa shape index (κ3) is 3.32. The predicted molar refractivity (Wildman–Crippen MR) is 109 cm³/mol. The van der Waals surface area contributed by atoms with E-state index in [1.807, 2.05) is 48.9 Å². The largest absolute Gasteiger partial charge is 0.363 e. The number of amidine groups is 1. The van der Waals surface area contributed by atoms with Crippen LogP contribution in [0.4, 0.5) is 5.82 Å². The Hall–Kier alpha value is -3.36. The van der Waals surface area contributed by atoms with E-state index in [-0.39, 0.29) is 17.9 Å². The molecule has 2 amide bonds. The van der Waals surface area contributed by atoms with Crippen molar-refractivity contribution in [1.29, 1.82) is 0 Å². The summed E-state index contributed by atoms with van der Waals surface area (Å²) >= 11 is 0. The first-order valence-corrected chi connectivity index (χ1v) is 9.65. The van der Waals surface area contributed by atoms with E-state index in [1.54, 1.807) is 17.0 Å². The van der Waals surface area contributed by atoms with Crippen LogP contribution in [-0.2, 0) is 22.6 Å². The molecule has 0 bridgehead atoms. The molecule has 152 valence electrons. The number of benzene rings is 1. The molecule has 0 saturated heterocycles. The molecule has 2 aromatic rings. The number of nitrogens with zero attached hydrogens (tertiary/aromatic N) is 5. The molecule has 2 atom stereocenters. The van der Waals surface area contributed by atoms with Crippen LogP contribution in [0.15, 0.2) is 35.4 Å². The third-order valence-electron chi connectivity index (χ3n) is 5.60. The van der Waals surface area contributed by atoms with Crippen LogP contribution in [0.3, 0.4) is 0 Å². The van der Waals surface area contributed by atoms with Gasteiger partial charge in [0, 0.05) is 25.6 Å². The quantitative estimate of drug-likeness (QED) is 0.784. The van der Waals surface area contributed by atoms with Crippen LogP contribution in [-0.4, -0.2) is 51.7 Å². The molecule has 2 aliphatic rings. The van der Waals surface area contributed by atoms with Gasteiger partial charge in [-0.15, -0.1) is 0 Å². The van der Waals surface area contributed by atoms with Crippen molar-refractivity contribution in [3.63, 3.8) is 0 Å². The number of aromatic nitrogens is 2. The number of nitrogens with two attached hydrogens (primary N) is 1. The Morgan fingerprint density at radius 1 is 1.28 bits per heavy atom. The number of anilines is 1. The molecule has 9 heteroatoms. The molecular formula is C20H25N7O2. The van der Waals surface area contributed by atoms with Gasteiger partial charge in [-0.1, -0.05) is 30.3 Å². The van der Waals surface area contributed by atoms with Crippen molar-refractivity contribution in [3.05, 3.63) is 47.2 Å². The maximum absolute atomic E-state index is 13.4. The van der Waals surface area contributed by atoms with E-state index in [0.717, 1.165) is 22.6 Å². The fourth-order valence-electron chi connectivity index (χ4n) is 4.01. The normalized spacial score (nSPS) is 21.5. The lowest BCUT2D eigenvalue weighted by atomic mass is 10.1. The number of fused-ring (bicyclic) bond motifs is 1. The number of likely N-dealkylation sites (N-methyl/N-ethyl adjacent to an activating group) is 1. The molecule has 0 spiro atoms. The number of carbonyl (C=O) groups is 2. The molecule has 0 radical (unpaired) electrons. The molecule has 2 aliphatic heterocycles. The van der Waals surface area contributed by atoms with Gasteiger partial charge in [-0.2, -0.15) is 10.2 Å². The van der Waals surface area contributed by atoms with Gasteiger partial charge in [0.2, 0.25) is 5.84 Å². The molecule has 3 N–H and O–H groups in total. The second-order valence-electron chi connectivity index (χ2n) is 7.50. The van der Waals surface area contributed by atoms with Crippen molar-refractivity contribution < 1.29 is 9.59 Å². The number of carbonyl (C=O) groups excluding carboxylic acids is 2. The molecule has 0 aliphatic carbocycles. The van der Waals surface area contributed by atoms with Gasteiger partial charge < -0.3 is 11.1 Å². The van der Waals surface area contributed by atoms with Crippen LogP contribution in [0.5, 0.6) is 0 Å². The number of hydrogen-bond donors (Lipinski definition) is 2. The fourth-order valence-corrected chi connectivity index (χ4v) is 4.01. The highest BCUT2D eigenvalue weighted by molar-refractivity contribution is 6.37. The van der Waals surface area contributed by atoms with E-state index >= 15 is 0 Å². The Bertz CT molecular complexity index is 982. The number of hydrogen-bond acceptors (Lipinski definition) is 6. The Balaban J connectivity index is 1.65. The first-order chi connectivity index (χ1) is 13.9. The zero-order valence-corrected chi connectivity index (χ0v) is 16.8. The summed E-state index contributed by atoms with van der Waals surface area (Å²) in [7, 11) is 1.76. The van der Waals surface area contributed by atoms with Crippen LogP contribution in [0.25, 0.3) is 0 Å². The van der Waals surface area contributed by atoms with Crippen molar-refractivity contribution in [3.8, 4) is 0 Å². The summed E-state index contributed by atoms with van der Waals surface area (Å²) < 4.78 is 1.87. The van der Waals surface area contributed by atoms with Crippen molar-refractivity contribution in [2.45, 2.75) is 45.4 Å². The zero-order valence-electron chi connectivity index (χ0n) is 16.8. The maximum atomic E-state index is 13.4. The lowest BCUT2D eigenvalue weighted by Crippen LogP contribution is -2.51. The van der Waals surface area contributed by atoms with Gasteiger partial charge in [-0.05, 0) is 25.8 Å². The molecule has 1 unspecified atom stereocenters. The molecular weight excluding hydrogens is 370 g/mol. The van der Waals surface area contributed by atoms with Crippen LogP contribution in [0.2, 0.25) is 0 Å². The van der Waals surface area contributed by atoms with Gasteiger partial charge in [0.05, 0.1) is 5.69 Å². The van der Waals surface area contributed by atoms with E-state index in [2.05, 4.69) is 15.5 Å². The van der Waals surface area contributed by atoms with Gasteiger partial charge in [0.25, 0.3) is 11.8 Å². The highest BCUT2D eigenvalue weighted by atomic mass is 16.2. The summed E-state index contributed by atoms with van der Waals surface area (Å²) in [5.74, 6) is 0.164. The van der Waals surface area contributed by atoms with E-state index < -0.39 is 11.9 Å². The Morgan fingerprint density at radius 3 is 2.69 bits per heavy atom. The lowest BCUT2D eigenvalue weighted by molar-refractivity contribution is -0.124. The summed E-state index contributed by atoms with van der Waals surface area (Å²) in [6.45, 7) is 4.49. The smallest absolute Gasteiger partial charge is 0.286 e. The molecule has 1 aromatic carbocycles. The van der Waals surface area contributed by atoms with Gasteiger partial charge in [0.15, 0.2) is 0 Å². The number of aryl methyl sites for hydroxylation is 2. The minimum atomic E-state index is -0.639. The van der Waals surface area contributed by atoms with Gasteiger partial charge in [-0.3, -0.25) is 19.5 Å². The van der Waals surface area contributed by atoms with Crippen molar-refractivity contribution in [2.75, 3.05) is 11.9 Å². The first-order valence-electron chi connectivity index (χ1n) is 9.65. The highest BCUT2D eigenvalue weighted by Crippen LogP contribution is 2.29. The summed E-state index contributed by atoms with van der Waals surface area (Å²) in [6, 6.07) is 9.35. The Labute approximate surface area is 169 Å². The number of hydrazone groups is 1. The van der Waals surface area contributed by atoms with Gasteiger partial charge >= 0.3 is 0 Å². The van der Waals surface area contributed by atoms with E-state index in [4.69, 9.17) is 5.73 Å². The molecule has 0 fully saturated rings. The van der Waals surface area contributed by atoms with Crippen LogP contribution >= 0.6 is 0 Å². The molecule has 1 aromatic heterocycles. The van der Waals surface area contributed by atoms with Crippen molar-refractivity contribution >= 4 is 23.5 Å². The van der Waals surface area contributed by atoms with Crippen molar-refractivity contribution in [1.82, 2.24) is 20.1 Å². The minimum absolute atomic E-state index is 0.0791. The second kappa shape index (κ2) is 7.23. The number of nitrogens with one attached hydrogen (secondary N) is 1. The van der Waals surface area contributed by atoms with Gasteiger partial charge in [-0.25, -0.2) is 4.68 Å². The topological polar surface area (TPSA) is 109 Å². The molecule has 3 heterocycles. The average Bonchev–Trinajstić information content (AvgIpc) is 3.20. The zero-order chi connectivity index (χ0) is 20.7. The van der Waals surface area contributed by atoms with Gasteiger partial charge in [0.1, 0.15) is 18.0 Å². The summed E-state index contributed by atoms with van der Waals surface area (Å²) in [5, 5.41) is 13.7. The lowest BCUT2D eigenvalue weighted by Gasteiger charge is -2.31. The molecule has 29 heavy (non-hydrogen) atoms. The van der Waals surface area contributed by atoms with Crippen LogP contribution in [0, 0.1) is 13.8 Å². The number of rotatable bonds is 4. The first kappa shape index (κ1) is 19.0.